The first-order chi connectivity index (χ1) is 8.81. The molecule has 0 aliphatic carbocycles. The molecule has 0 bridgehead atoms. The third-order valence-electron chi connectivity index (χ3n) is 2.47. The molecule has 0 unspecified atom stereocenters. The summed E-state index contributed by atoms with van der Waals surface area (Å²) in [7, 11) is 0. The van der Waals surface area contributed by atoms with Crippen molar-refractivity contribution in [1.29, 1.82) is 0 Å². The van der Waals surface area contributed by atoms with Gasteiger partial charge in [-0.05, 0) is 18.4 Å². The molecule has 0 radical (unpaired) electrons. The molecule has 1 aromatic heterocycles. The minimum Gasteiger partial charge on any atom is -0.391 e. The van der Waals surface area contributed by atoms with Crippen molar-refractivity contribution in [3.63, 3.8) is 0 Å². The smallest absolute Gasteiger partial charge is 0.135 e. The molecule has 0 amide bonds. The van der Waals surface area contributed by atoms with Crippen LogP contribution in [0.5, 0.6) is 0 Å². The summed E-state index contributed by atoms with van der Waals surface area (Å²) in [5.74, 6) is 0. The summed E-state index contributed by atoms with van der Waals surface area (Å²) < 4.78 is 0. The zero-order chi connectivity index (χ0) is 12.8. The average molecular weight is 257 g/mol. The minimum atomic E-state index is 0.416. The number of hydrogen-bond acceptors (Lipinski definition) is 3. The van der Waals surface area contributed by atoms with Crippen molar-refractivity contribution in [1.82, 2.24) is 0 Å². The van der Waals surface area contributed by atoms with Gasteiger partial charge in [0, 0.05) is 16.5 Å². The quantitative estimate of drug-likeness (QED) is 0.343. The van der Waals surface area contributed by atoms with Crippen LogP contribution in [-0.4, -0.2) is 12.3 Å². The second kappa shape index (κ2) is 6.17. The van der Waals surface area contributed by atoms with E-state index in [1.165, 1.54) is 5.56 Å². The van der Waals surface area contributed by atoms with Crippen LogP contribution < -0.4 is 0 Å². The molecule has 2 aromatic rings. The summed E-state index contributed by atoms with van der Waals surface area (Å²) >= 11 is 1.65. The number of nitrogens with zero attached hydrogens (tertiary/aromatic N) is 1. The van der Waals surface area contributed by atoms with Crippen LogP contribution in [0, 0.1) is 6.92 Å². The normalized spacial score (nSPS) is 11.3. The van der Waals surface area contributed by atoms with E-state index in [4.69, 9.17) is 4.84 Å². The van der Waals surface area contributed by atoms with E-state index in [2.05, 4.69) is 48.3 Å². The molecule has 1 heterocycles. The molecule has 0 aliphatic rings. The number of rotatable bonds is 5. The lowest BCUT2D eigenvalue weighted by Gasteiger charge is -2.05. The zero-order valence-corrected chi connectivity index (χ0v) is 11.1. The topological polar surface area (TPSA) is 21.6 Å². The van der Waals surface area contributed by atoms with Crippen molar-refractivity contribution >= 4 is 17.0 Å². The van der Waals surface area contributed by atoms with Gasteiger partial charge in [0.05, 0.1) is 0 Å². The maximum atomic E-state index is 5.23. The standard InChI is InChI=1S/C15H15NOS/c1-3-9-17-16-15(14-8-10-18-11-14)13-6-4-12(2)5-7-13/h3-8,10-11H,1,9H2,2H3. The monoisotopic (exact) mass is 257 g/mol. The van der Waals surface area contributed by atoms with Crippen LogP contribution in [0.1, 0.15) is 16.7 Å². The largest absolute Gasteiger partial charge is 0.391 e. The fraction of sp³-hybridized carbons (Fsp3) is 0.133. The van der Waals surface area contributed by atoms with E-state index in [-0.39, 0.29) is 0 Å². The van der Waals surface area contributed by atoms with Gasteiger partial charge in [-0.25, -0.2) is 0 Å². The first kappa shape index (κ1) is 12.6. The van der Waals surface area contributed by atoms with Gasteiger partial charge in [-0.15, -0.1) is 0 Å². The van der Waals surface area contributed by atoms with Crippen molar-refractivity contribution in [3.05, 3.63) is 70.4 Å². The third kappa shape index (κ3) is 3.08. The predicted molar refractivity (Wildman–Crippen MR) is 77.3 cm³/mol. The lowest BCUT2D eigenvalue weighted by atomic mass is 10.0. The Kier molecular flexibility index (Phi) is 4.31. The van der Waals surface area contributed by atoms with Crippen LogP contribution in [0.4, 0.5) is 0 Å². The molecule has 0 aliphatic heterocycles. The van der Waals surface area contributed by atoms with Crippen molar-refractivity contribution in [2.24, 2.45) is 5.16 Å². The highest BCUT2D eigenvalue weighted by Gasteiger charge is 2.08. The van der Waals surface area contributed by atoms with Crippen molar-refractivity contribution in [3.8, 4) is 0 Å². The van der Waals surface area contributed by atoms with Crippen LogP contribution >= 0.6 is 11.3 Å². The Balaban J connectivity index is 2.33. The lowest BCUT2D eigenvalue weighted by Crippen LogP contribution is -2.03. The van der Waals surface area contributed by atoms with Crippen LogP contribution in [-0.2, 0) is 4.84 Å². The Morgan fingerprint density at radius 1 is 1.28 bits per heavy atom. The number of hydrogen-bond donors (Lipinski definition) is 0. The van der Waals surface area contributed by atoms with Gasteiger partial charge in [-0.3, -0.25) is 0 Å². The van der Waals surface area contributed by atoms with E-state index in [0.717, 1.165) is 16.8 Å². The second-order valence-electron chi connectivity index (χ2n) is 3.90. The van der Waals surface area contributed by atoms with Gasteiger partial charge in [0.2, 0.25) is 0 Å². The van der Waals surface area contributed by atoms with Gasteiger partial charge in [0.1, 0.15) is 12.3 Å². The molecule has 2 nitrogen and oxygen atoms in total. The minimum absolute atomic E-state index is 0.416. The molecular weight excluding hydrogens is 242 g/mol. The Hall–Kier alpha value is -1.87. The zero-order valence-electron chi connectivity index (χ0n) is 10.3. The van der Waals surface area contributed by atoms with Crippen LogP contribution in [0.2, 0.25) is 0 Å². The van der Waals surface area contributed by atoms with Crippen LogP contribution in [0.15, 0.2) is 58.9 Å². The van der Waals surface area contributed by atoms with E-state index < -0.39 is 0 Å². The van der Waals surface area contributed by atoms with Gasteiger partial charge in [-0.1, -0.05) is 47.6 Å². The molecule has 0 atom stereocenters. The second-order valence-corrected chi connectivity index (χ2v) is 4.68. The fourth-order valence-electron chi connectivity index (χ4n) is 1.54. The van der Waals surface area contributed by atoms with Gasteiger partial charge in [-0.2, -0.15) is 11.3 Å². The summed E-state index contributed by atoms with van der Waals surface area (Å²) in [5.41, 5.74) is 4.23. The Labute approximate surface area is 111 Å². The molecule has 3 heteroatoms. The first-order valence-corrected chi connectivity index (χ1v) is 6.66. The highest BCUT2D eigenvalue weighted by Crippen LogP contribution is 2.15. The Morgan fingerprint density at radius 2 is 2.06 bits per heavy atom. The van der Waals surface area contributed by atoms with Crippen molar-refractivity contribution < 1.29 is 4.84 Å². The summed E-state index contributed by atoms with van der Waals surface area (Å²) in [6.07, 6.45) is 1.68. The summed E-state index contributed by atoms with van der Waals surface area (Å²) in [5, 5.41) is 8.31. The fourth-order valence-corrected chi connectivity index (χ4v) is 2.18. The Morgan fingerprint density at radius 3 is 2.67 bits per heavy atom. The van der Waals surface area contributed by atoms with Gasteiger partial charge in [0.15, 0.2) is 0 Å². The van der Waals surface area contributed by atoms with E-state index in [0.29, 0.717) is 6.61 Å². The van der Waals surface area contributed by atoms with E-state index in [9.17, 15) is 0 Å². The molecule has 0 saturated carbocycles. The number of oxime groups is 1. The molecule has 18 heavy (non-hydrogen) atoms. The first-order valence-electron chi connectivity index (χ1n) is 5.71. The molecule has 92 valence electrons. The molecule has 1 aromatic carbocycles. The number of benzene rings is 1. The highest BCUT2D eigenvalue weighted by molar-refractivity contribution is 7.08. The maximum Gasteiger partial charge on any atom is 0.135 e. The summed E-state index contributed by atoms with van der Waals surface area (Å²) in [6.45, 7) is 6.10. The van der Waals surface area contributed by atoms with Gasteiger partial charge >= 0.3 is 0 Å². The van der Waals surface area contributed by atoms with Crippen LogP contribution in [0.25, 0.3) is 0 Å². The van der Waals surface area contributed by atoms with Gasteiger partial charge in [0.25, 0.3) is 0 Å². The summed E-state index contributed by atoms with van der Waals surface area (Å²) in [6, 6.07) is 10.3. The Bertz CT molecular complexity index is 526. The van der Waals surface area contributed by atoms with E-state index in [1.807, 2.05) is 11.4 Å². The van der Waals surface area contributed by atoms with E-state index in [1.54, 1.807) is 17.4 Å². The number of aryl methyl sites for hydroxylation is 1. The van der Waals surface area contributed by atoms with Gasteiger partial charge < -0.3 is 4.84 Å². The SMILES string of the molecule is C=CCON=C(c1ccc(C)cc1)c1ccsc1. The molecule has 0 N–H and O–H groups in total. The average Bonchev–Trinajstić information content (AvgIpc) is 2.90. The maximum absolute atomic E-state index is 5.23. The third-order valence-corrected chi connectivity index (χ3v) is 3.15. The summed E-state index contributed by atoms with van der Waals surface area (Å²) in [4.78, 5) is 5.23. The predicted octanol–water partition coefficient (Wildman–Crippen LogP) is 4.01. The molecule has 2 rings (SSSR count). The van der Waals surface area contributed by atoms with Crippen molar-refractivity contribution in [2.75, 3.05) is 6.61 Å². The highest BCUT2D eigenvalue weighted by atomic mass is 32.1. The van der Waals surface area contributed by atoms with E-state index >= 15 is 0 Å². The van der Waals surface area contributed by atoms with Crippen molar-refractivity contribution in [2.45, 2.75) is 6.92 Å². The molecular formula is C15H15NOS. The van der Waals surface area contributed by atoms with Crippen LogP contribution in [0.3, 0.4) is 0 Å². The molecule has 0 fully saturated rings. The molecule has 0 saturated heterocycles. The number of thiophene rings is 1. The molecule has 0 spiro atoms. The lowest BCUT2D eigenvalue weighted by molar-refractivity contribution is 0.175.